The Bertz CT molecular complexity index is 595. The highest BCUT2D eigenvalue weighted by atomic mass is 16.5. The van der Waals surface area contributed by atoms with Gasteiger partial charge in [-0.1, -0.05) is 43.7 Å². The van der Waals surface area contributed by atoms with Gasteiger partial charge in [-0.2, -0.15) is 0 Å². The molecule has 2 unspecified atom stereocenters. The summed E-state index contributed by atoms with van der Waals surface area (Å²) < 4.78 is 11.3. The second-order valence-electron chi connectivity index (χ2n) is 7.45. The van der Waals surface area contributed by atoms with E-state index < -0.39 is 0 Å². The summed E-state index contributed by atoms with van der Waals surface area (Å²) >= 11 is 0. The van der Waals surface area contributed by atoms with Crippen molar-refractivity contribution in [2.45, 2.75) is 54.3 Å². The Hall–Kier alpha value is -1.77. The first-order chi connectivity index (χ1) is 10.7. The highest BCUT2D eigenvalue weighted by Crippen LogP contribution is 2.59. The molecule has 0 aromatic heterocycles. The summed E-state index contributed by atoms with van der Waals surface area (Å²) in [7, 11) is 0. The van der Waals surface area contributed by atoms with Crippen molar-refractivity contribution in [1.29, 1.82) is 0 Å². The quantitative estimate of drug-likeness (QED) is 0.561. The van der Waals surface area contributed by atoms with E-state index in [9.17, 15) is 4.79 Å². The highest BCUT2D eigenvalue weighted by molar-refractivity contribution is 5.78. The van der Waals surface area contributed by atoms with Gasteiger partial charge in [0.2, 0.25) is 0 Å². The van der Waals surface area contributed by atoms with Crippen LogP contribution in [-0.4, -0.2) is 12.1 Å². The Morgan fingerprint density at radius 2 is 1.91 bits per heavy atom. The van der Waals surface area contributed by atoms with Crippen molar-refractivity contribution < 1.29 is 14.3 Å². The maximum atomic E-state index is 12.4. The summed E-state index contributed by atoms with van der Waals surface area (Å²) in [5.74, 6) is 0.904. The average Bonchev–Trinajstić information content (AvgIpc) is 2.97. The van der Waals surface area contributed by atoms with Crippen LogP contribution in [0.1, 0.15) is 47.1 Å². The Morgan fingerprint density at radius 1 is 1.26 bits per heavy atom. The Kier molecular flexibility index (Phi) is 5.18. The van der Waals surface area contributed by atoms with Gasteiger partial charge in [0.1, 0.15) is 12.4 Å². The molecule has 1 aliphatic rings. The Morgan fingerprint density at radius 3 is 2.52 bits per heavy atom. The maximum Gasteiger partial charge on any atom is 0.310 e. The molecule has 1 fully saturated rings. The first-order valence-corrected chi connectivity index (χ1v) is 8.29. The third-order valence-electron chi connectivity index (χ3n) is 4.38. The molecule has 2 atom stereocenters. The molecule has 3 heteroatoms. The summed E-state index contributed by atoms with van der Waals surface area (Å²) in [4.78, 5) is 12.4. The predicted octanol–water partition coefficient (Wildman–Crippen LogP) is 4.76. The predicted molar refractivity (Wildman–Crippen MR) is 92.2 cm³/mol. The van der Waals surface area contributed by atoms with Gasteiger partial charge < -0.3 is 9.47 Å². The number of benzene rings is 1. The van der Waals surface area contributed by atoms with Crippen LogP contribution in [0.4, 0.5) is 0 Å². The molecule has 0 spiro atoms. The number of esters is 1. The summed E-state index contributed by atoms with van der Waals surface area (Å²) in [6.45, 7) is 12.6. The fourth-order valence-corrected chi connectivity index (χ4v) is 3.03. The molecule has 0 radical (unpaired) electrons. The van der Waals surface area contributed by atoms with Crippen LogP contribution < -0.4 is 4.74 Å². The van der Waals surface area contributed by atoms with Crippen molar-refractivity contribution in [3.05, 3.63) is 41.5 Å². The van der Waals surface area contributed by atoms with Crippen molar-refractivity contribution in [2.24, 2.45) is 17.3 Å². The zero-order valence-electron chi connectivity index (χ0n) is 15.1. The van der Waals surface area contributed by atoms with E-state index in [1.165, 1.54) is 5.57 Å². The molecule has 0 bridgehead atoms. The summed E-state index contributed by atoms with van der Waals surface area (Å²) in [6.07, 6.45) is 2.28. The molecule has 126 valence electrons. The van der Waals surface area contributed by atoms with E-state index in [0.717, 1.165) is 11.3 Å². The van der Waals surface area contributed by atoms with E-state index in [0.29, 0.717) is 0 Å². The number of carbonyl (C=O) groups excluding carboxylic acids is 1. The van der Waals surface area contributed by atoms with Gasteiger partial charge in [-0.3, -0.25) is 4.79 Å². The monoisotopic (exact) mass is 316 g/mol. The summed E-state index contributed by atoms with van der Waals surface area (Å²) in [5, 5.41) is 0. The normalized spacial score (nSPS) is 21.7. The molecule has 3 nitrogen and oxygen atoms in total. The largest absolute Gasteiger partial charge is 0.491 e. The van der Waals surface area contributed by atoms with Gasteiger partial charge in [-0.05, 0) is 45.1 Å². The lowest BCUT2D eigenvalue weighted by molar-refractivity contribution is -0.147. The first-order valence-electron chi connectivity index (χ1n) is 8.29. The zero-order chi connectivity index (χ0) is 17.2. The molecule has 0 aliphatic heterocycles. The van der Waals surface area contributed by atoms with Gasteiger partial charge in [-0.25, -0.2) is 0 Å². The lowest BCUT2D eigenvalue weighted by Gasteiger charge is -2.14. The minimum Gasteiger partial charge on any atom is -0.491 e. The number of carbonyl (C=O) groups is 1. The Labute approximate surface area is 139 Å². The number of para-hydroxylation sites is 1. The summed E-state index contributed by atoms with van der Waals surface area (Å²) in [5.41, 5.74) is 2.14. The number of hydrogen-bond acceptors (Lipinski definition) is 3. The third-order valence-corrected chi connectivity index (χ3v) is 4.38. The SMILES string of the molecule is CC(C)=CC1C(C(=O)OCc2ccccc2OC(C)C)C1(C)C. The second-order valence-corrected chi connectivity index (χ2v) is 7.45. The molecule has 0 N–H and O–H groups in total. The molecule has 1 aromatic carbocycles. The molecule has 0 amide bonds. The lowest BCUT2D eigenvalue weighted by Crippen LogP contribution is -2.12. The van der Waals surface area contributed by atoms with Crippen molar-refractivity contribution in [3.63, 3.8) is 0 Å². The van der Waals surface area contributed by atoms with Gasteiger partial charge in [0.15, 0.2) is 0 Å². The van der Waals surface area contributed by atoms with Crippen LogP contribution >= 0.6 is 0 Å². The van der Waals surface area contributed by atoms with Gasteiger partial charge in [0.05, 0.1) is 12.0 Å². The van der Waals surface area contributed by atoms with Crippen LogP contribution in [0.2, 0.25) is 0 Å². The van der Waals surface area contributed by atoms with Crippen molar-refractivity contribution in [1.82, 2.24) is 0 Å². The maximum absolute atomic E-state index is 12.4. The molecule has 23 heavy (non-hydrogen) atoms. The second kappa shape index (κ2) is 6.77. The fourth-order valence-electron chi connectivity index (χ4n) is 3.03. The Balaban J connectivity index is 2.00. The molecule has 0 heterocycles. The van der Waals surface area contributed by atoms with E-state index in [2.05, 4.69) is 33.8 Å². The van der Waals surface area contributed by atoms with Crippen molar-refractivity contribution in [2.75, 3.05) is 0 Å². The smallest absolute Gasteiger partial charge is 0.310 e. The van der Waals surface area contributed by atoms with E-state index >= 15 is 0 Å². The van der Waals surface area contributed by atoms with Crippen molar-refractivity contribution in [3.8, 4) is 5.75 Å². The van der Waals surface area contributed by atoms with E-state index in [1.807, 2.05) is 38.1 Å². The van der Waals surface area contributed by atoms with Crippen LogP contribution in [0, 0.1) is 17.3 Å². The van der Waals surface area contributed by atoms with Crippen LogP contribution in [0.25, 0.3) is 0 Å². The van der Waals surface area contributed by atoms with Gasteiger partial charge in [0.25, 0.3) is 0 Å². The van der Waals surface area contributed by atoms with E-state index in [-0.39, 0.29) is 35.9 Å². The molecule has 1 saturated carbocycles. The minimum absolute atomic E-state index is 0.0116. The van der Waals surface area contributed by atoms with Gasteiger partial charge in [0, 0.05) is 5.56 Å². The number of rotatable bonds is 6. The van der Waals surface area contributed by atoms with Gasteiger partial charge in [-0.15, -0.1) is 0 Å². The number of ether oxygens (including phenoxy) is 2. The number of hydrogen-bond donors (Lipinski definition) is 0. The van der Waals surface area contributed by atoms with Gasteiger partial charge >= 0.3 is 5.97 Å². The highest BCUT2D eigenvalue weighted by Gasteiger charge is 2.61. The molecular formula is C20H28O3. The van der Waals surface area contributed by atoms with Crippen molar-refractivity contribution >= 4 is 5.97 Å². The third kappa shape index (κ3) is 4.15. The lowest BCUT2D eigenvalue weighted by atomic mass is 10.1. The van der Waals surface area contributed by atoms with E-state index in [4.69, 9.17) is 9.47 Å². The minimum atomic E-state index is -0.114. The van der Waals surface area contributed by atoms with Crippen LogP contribution in [0.15, 0.2) is 35.9 Å². The topological polar surface area (TPSA) is 35.5 Å². The van der Waals surface area contributed by atoms with Crippen LogP contribution in [0.3, 0.4) is 0 Å². The number of allylic oxidation sites excluding steroid dienone is 2. The molecule has 0 saturated heterocycles. The summed E-state index contributed by atoms with van der Waals surface area (Å²) in [6, 6.07) is 7.72. The molecule has 2 rings (SSSR count). The molecule has 1 aromatic rings. The fraction of sp³-hybridized carbons (Fsp3) is 0.550. The first kappa shape index (κ1) is 17.6. The van der Waals surface area contributed by atoms with Crippen LogP contribution in [0.5, 0.6) is 5.75 Å². The zero-order valence-corrected chi connectivity index (χ0v) is 15.1. The molecule has 1 aliphatic carbocycles. The van der Waals surface area contributed by atoms with E-state index in [1.54, 1.807) is 0 Å². The standard InChI is InChI=1S/C20H28O3/c1-13(2)11-16-18(20(16,5)6)19(21)22-12-15-9-7-8-10-17(15)23-14(3)4/h7-11,14,16,18H,12H2,1-6H3. The molecular weight excluding hydrogens is 288 g/mol. The average molecular weight is 316 g/mol. The van der Waals surface area contributed by atoms with Crippen LogP contribution in [-0.2, 0) is 16.1 Å².